The fraction of sp³-hybridized carbons (Fsp3) is 0.500. The molecule has 2 unspecified atom stereocenters. The highest BCUT2D eigenvalue weighted by molar-refractivity contribution is 7.80. The highest BCUT2D eigenvalue weighted by Crippen LogP contribution is 2.23. The zero-order valence-electron chi connectivity index (χ0n) is 9.14. The smallest absolute Gasteiger partial charge is 0.105 e. The Hall–Kier alpha value is -0.510. The lowest BCUT2D eigenvalue weighted by Gasteiger charge is -2.19. The van der Waals surface area contributed by atoms with E-state index in [0.29, 0.717) is 12.2 Å². The van der Waals surface area contributed by atoms with Crippen LogP contribution in [0.15, 0.2) is 18.2 Å². The van der Waals surface area contributed by atoms with E-state index >= 15 is 0 Å². The maximum atomic E-state index is 9.94. The molecule has 2 N–H and O–H groups in total. The highest BCUT2D eigenvalue weighted by Gasteiger charge is 2.19. The normalized spacial score (nSPS) is 15.0. The van der Waals surface area contributed by atoms with E-state index in [0.717, 1.165) is 16.7 Å². The van der Waals surface area contributed by atoms with Gasteiger partial charge in [-0.05, 0) is 37.1 Å². The number of aryl methyl sites for hydroxylation is 2. The summed E-state index contributed by atoms with van der Waals surface area (Å²) in [6.45, 7) is 3.91. The van der Waals surface area contributed by atoms with Gasteiger partial charge in [0.1, 0.15) is 6.10 Å². The lowest BCUT2D eigenvalue weighted by atomic mass is 9.96. The van der Waals surface area contributed by atoms with Crippen molar-refractivity contribution in [2.75, 3.05) is 5.75 Å². The van der Waals surface area contributed by atoms with Crippen LogP contribution in [0.5, 0.6) is 0 Å². The van der Waals surface area contributed by atoms with Crippen LogP contribution in [-0.4, -0.2) is 22.1 Å². The number of hydrogen-bond acceptors (Lipinski definition) is 3. The SMILES string of the molecule is Cc1ccc(C)c(C(O)C(O)CCS)c1. The first-order chi connectivity index (χ1) is 7.06. The van der Waals surface area contributed by atoms with E-state index in [-0.39, 0.29) is 0 Å². The maximum absolute atomic E-state index is 9.94. The molecule has 0 fully saturated rings. The molecule has 1 aromatic rings. The molecule has 0 aliphatic rings. The van der Waals surface area contributed by atoms with Gasteiger partial charge in [0.2, 0.25) is 0 Å². The number of benzene rings is 1. The van der Waals surface area contributed by atoms with Gasteiger partial charge in [-0.2, -0.15) is 12.6 Å². The van der Waals surface area contributed by atoms with Gasteiger partial charge in [-0.1, -0.05) is 23.8 Å². The second kappa shape index (κ2) is 5.54. The lowest BCUT2D eigenvalue weighted by molar-refractivity contribution is 0.0168. The monoisotopic (exact) mass is 226 g/mol. The molecule has 0 aliphatic heterocycles. The molecule has 0 saturated heterocycles. The molecule has 15 heavy (non-hydrogen) atoms. The molecule has 1 rings (SSSR count). The molecule has 0 aliphatic carbocycles. The maximum Gasteiger partial charge on any atom is 0.105 e. The Morgan fingerprint density at radius 3 is 2.53 bits per heavy atom. The van der Waals surface area contributed by atoms with Gasteiger partial charge in [0.25, 0.3) is 0 Å². The number of thiol groups is 1. The van der Waals surface area contributed by atoms with Gasteiger partial charge < -0.3 is 10.2 Å². The Morgan fingerprint density at radius 1 is 1.27 bits per heavy atom. The molecular formula is C12H18O2S. The predicted molar refractivity (Wildman–Crippen MR) is 65.4 cm³/mol. The van der Waals surface area contributed by atoms with E-state index in [1.165, 1.54) is 0 Å². The van der Waals surface area contributed by atoms with Gasteiger partial charge in [0.05, 0.1) is 6.10 Å². The predicted octanol–water partition coefficient (Wildman–Crippen LogP) is 2.02. The fourth-order valence-corrected chi connectivity index (χ4v) is 1.84. The van der Waals surface area contributed by atoms with E-state index in [4.69, 9.17) is 0 Å². The number of aliphatic hydroxyl groups excluding tert-OH is 2. The molecule has 0 aromatic heterocycles. The summed E-state index contributed by atoms with van der Waals surface area (Å²) in [7, 11) is 0. The minimum Gasteiger partial charge on any atom is -0.390 e. The van der Waals surface area contributed by atoms with Crippen molar-refractivity contribution in [3.8, 4) is 0 Å². The lowest BCUT2D eigenvalue weighted by Crippen LogP contribution is -2.19. The third-order valence-electron chi connectivity index (χ3n) is 2.54. The molecule has 1 aromatic carbocycles. The number of hydrogen-bond donors (Lipinski definition) is 3. The molecule has 0 amide bonds. The molecule has 0 heterocycles. The average Bonchev–Trinajstić information content (AvgIpc) is 2.21. The largest absolute Gasteiger partial charge is 0.390 e. The fourth-order valence-electron chi connectivity index (χ4n) is 1.58. The first kappa shape index (κ1) is 12.6. The number of aliphatic hydroxyl groups is 2. The van der Waals surface area contributed by atoms with Crippen molar-refractivity contribution in [1.82, 2.24) is 0 Å². The van der Waals surface area contributed by atoms with Crippen LogP contribution in [0.4, 0.5) is 0 Å². The molecule has 0 saturated carbocycles. The molecule has 0 radical (unpaired) electrons. The van der Waals surface area contributed by atoms with Crippen molar-refractivity contribution >= 4 is 12.6 Å². The van der Waals surface area contributed by atoms with Crippen molar-refractivity contribution in [3.05, 3.63) is 34.9 Å². The van der Waals surface area contributed by atoms with E-state index < -0.39 is 12.2 Å². The summed E-state index contributed by atoms with van der Waals surface area (Å²) < 4.78 is 0. The summed E-state index contributed by atoms with van der Waals surface area (Å²) >= 11 is 4.04. The summed E-state index contributed by atoms with van der Waals surface area (Å²) in [6, 6.07) is 5.87. The van der Waals surface area contributed by atoms with E-state index in [1.54, 1.807) is 0 Å². The van der Waals surface area contributed by atoms with Gasteiger partial charge in [-0.15, -0.1) is 0 Å². The van der Waals surface area contributed by atoms with Gasteiger partial charge in [0.15, 0.2) is 0 Å². The van der Waals surface area contributed by atoms with Crippen molar-refractivity contribution in [2.45, 2.75) is 32.5 Å². The van der Waals surface area contributed by atoms with Crippen LogP contribution in [0.2, 0.25) is 0 Å². The zero-order chi connectivity index (χ0) is 11.4. The van der Waals surface area contributed by atoms with Crippen molar-refractivity contribution in [1.29, 1.82) is 0 Å². The highest BCUT2D eigenvalue weighted by atomic mass is 32.1. The van der Waals surface area contributed by atoms with Crippen LogP contribution in [0.3, 0.4) is 0 Å². The molecule has 0 spiro atoms. The third-order valence-corrected chi connectivity index (χ3v) is 2.80. The molecule has 2 nitrogen and oxygen atoms in total. The first-order valence-corrected chi connectivity index (χ1v) is 5.73. The van der Waals surface area contributed by atoms with Gasteiger partial charge >= 0.3 is 0 Å². The van der Waals surface area contributed by atoms with Crippen LogP contribution < -0.4 is 0 Å². The van der Waals surface area contributed by atoms with Crippen LogP contribution in [0.25, 0.3) is 0 Å². The van der Waals surface area contributed by atoms with Gasteiger partial charge in [-0.25, -0.2) is 0 Å². The Morgan fingerprint density at radius 2 is 1.93 bits per heavy atom. The van der Waals surface area contributed by atoms with Gasteiger partial charge in [-0.3, -0.25) is 0 Å². The second-order valence-electron chi connectivity index (χ2n) is 3.88. The van der Waals surface area contributed by atoms with Crippen LogP contribution in [0.1, 0.15) is 29.2 Å². The Bertz CT molecular complexity index is 325. The molecular weight excluding hydrogens is 208 g/mol. The van der Waals surface area contributed by atoms with Gasteiger partial charge in [0, 0.05) is 0 Å². The standard InChI is InChI=1S/C12H18O2S/c1-8-3-4-9(2)10(7-8)12(14)11(13)5-6-15/h3-4,7,11-15H,5-6H2,1-2H3. The topological polar surface area (TPSA) is 40.5 Å². The summed E-state index contributed by atoms with van der Waals surface area (Å²) in [6.07, 6.45) is -1.04. The third kappa shape index (κ3) is 3.23. The molecule has 3 heteroatoms. The summed E-state index contributed by atoms with van der Waals surface area (Å²) in [5.74, 6) is 0.573. The first-order valence-electron chi connectivity index (χ1n) is 5.10. The zero-order valence-corrected chi connectivity index (χ0v) is 10.0. The Labute approximate surface area is 96.4 Å². The van der Waals surface area contributed by atoms with E-state index in [1.807, 2.05) is 32.0 Å². The average molecular weight is 226 g/mol. The van der Waals surface area contributed by atoms with Crippen LogP contribution >= 0.6 is 12.6 Å². The molecule has 0 bridgehead atoms. The Balaban J connectivity index is 2.89. The summed E-state index contributed by atoms with van der Waals surface area (Å²) in [5.41, 5.74) is 2.91. The minimum atomic E-state index is -0.808. The molecule has 2 atom stereocenters. The number of rotatable bonds is 4. The van der Waals surface area contributed by atoms with Crippen molar-refractivity contribution < 1.29 is 10.2 Å². The van der Waals surface area contributed by atoms with Crippen molar-refractivity contribution in [2.24, 2.45) is 0 Å². The van der Waals surface area contributed by atoms with E-state index in [9.17, 15) is 10.2 Å². The summed E-state index contributed by atoms with van der Waals surface area (Å²) in [5, 5.41) is 19.6. The summed E-state index contributed by atoms with van der Waals surface area (Å²) in [4.78, 5) is 0. The van der Waals surface area contributed by atoms with Crippen LogP contribution in [-0.2, 0) is 0 Å². The second-order valence-corrected chi connectivity index (χ2v) is 4.33. The minimum absolute atomic E-state index is 0.498. The quantitative estimate of drug-likeness (QED) is 0.687. The van der Waals surface area contributed by atoms with Crippen LogP contribution in [0, 0.1) is 13.8 Å². The van der Waals surface area contributed by atoms with Crippen molar-refractivity contribution in [3.63, 3.8) is 0 Å². The van der Waals surface area contributed by atoms with E-state index in [2.05, 4.69) is 12.6 Å². The molecule has 84 valence electrons. The Kier molecular flexibility index (Phi) is 4.64.